The highest BCUT2D eigenvalue weighted by Gasteiger charge is 2.09. The molecule has 3 aromatic rings. The Labute approximate surface area is 155 Å². The summed E-state index contributed by atoms with van der Waals surface area (Å²) in [6, 6.07) is 12.9. The lowest BCUT2D eigenvalue weighted by Crippen LogP contribution is -2.12. The quantitative estimate of drug-likeness (QED) is 0.720. The maximum Gasteiger partial charge on any atom is 0.224 e. The molecule has 7 nitrogen and oxygen atoms in total. The summed E-state index contributed by atoms with van der Waals surface area (Å²) < 4.78 is 6.71. The van der Waals surface area contributed by atoms with E-state index in [1.54, 1.807) is 24.9 Å². The van der Waals surface area contributed by atoms with E-state index in [9.17, 15) is 4.79 Å². The van der Waals surface area contributed by atoms with Gasteiger partial charge in [-0.2, -0.15) is 0 Å². The number of rotatable bonds is 6. The summed E-state index contributed by atoms with van der Waals surface area (Å²) in [7, 11) is 3.33. The van der Waals surface area contributed by atoms with Gasteiger partial charge in [-0.25, -0.2) is 4.68 Å². The summed E-state index contributed by atoms with van der Waals surface area (Å²) in [6.07, 6.45) is 0.931. The molecule has 1 amide bonds. The minimum Gasteiger partial charge on any atom is -0.495 e. The molecule has 0 spiro atoms. The van der Waals surface area contributed by atoms with Gasteiger partial charge in [0.05, 0.1) is 12.1 Å². The van der Waals surface area contributed by atoms with E-state index < -0.39 is 0 Å². The zero-order valence-corrected chi connectivity index (χ0v) is 15.2. The highest BCUT2D eigenvalue weighted by molar-refractivity contribution is 6.32. The van der Waals surface area contributed by atoms with Crippen molar-refractivity contribution in [3.05, 3.63) is 53.1 Å². The number of carbonyl (C=O) groups excluding carboxylic acids is 1. The van der Waals surface area contributed by atoms with Gasteiger partial charge >= 0.3 is 0 Å². The molecule has 1 aromatic heterocycles. The highest BCUT2D eigenvalue weighted by Crippen LogP contribution is 2.25. The monoisotopic (exact) mass is 371 g/mol. The Kier molecular flexibility index (Phi) is 5.48. The summed E-state index contributed by atoms with van der Waals surface area (Å²) >= 11 is 6.11. The second-order valence-corrected chi connectivity index (χ2v) is 6.13. The van der Waals surface area contributed by atoms with Crippen LogP contribution >= 0.6 is 11.6 Å². The smallest absolute Gasteiger partial charge is 0.224 e. The summed E-state index contributed by atoms with van der Waals surface area (Å²) in [5, 5.41) is 14.8. The molecule has 0 atom stereocenters. The highest BCUT2D eigenvalue weighted by atomic mass is 35.5. The lowest BCUT2D eigenvalue weighted by atomic mass is 10.1. The first-order chi connectivity index (χ1) is 12.6. The van der Waals surface area contributed by atoms with Crippen LogP contribution in [0.25, 0.3) is 11.4 Å². The third kappa shape index (κ3) is 4.18. The van der Waals surface area contributed by atoms with E-state index in [2.05, 4.69) is 20.8 Å². The Balaban J connectivity index is 1.62. The fourth-order valence-electron chi connectivity index (χ4n) is 2.56. The number of amides is 1. The first-order valence-corrected chi connectivity index (χ1v) is 8.39. The van der Waals surface area contributed by atoms with Gasteiger partial charge in [0.1, 0.15) is 5.75 Å². The molecule has 0 aliphatic heterocycles. The fraction of sp³-hybridized carbons (Fsp3) is 0.222. The van der Waals surface area contributed by atoms with E-state index in [0.717, 1.165) is 11.1 Å². The fourth-order valence-corrected chi connectivity index (χ4v) is 2.84. The molecule has 2 aromatic carbocycles. The van der Waals surface area contributed by atoms with Gasteiger partial charge in [0.25, 0.3) is 0 Å². The molecular weight excluding hydrogens is 354 g/mol. The molecule has 1 N–H and O–H groups in total. The van der Waals surface area contributed by atoms with Crippen LogP contribution in [0, 0.1) is 0 Å². The number of nitrogens with one attached hydrogen (secondary N) is 1. The number of halogens is 1. The second-order valence-electron chi connectivity index (χ2n) is 5.72. The molecule has 0 unspecified atom stereocenters. The van der Waals surface area contributed by atoms with Crippen molar-refractivity contribution in [2.45, 2.75) is 12.8 Å². The number of anilines is 1. The molecular formula is C18H18ClN5O2. The molecule has 8 heteroatoms. The number of benzene rings is 2. The zero-order valence-electron chi connectivity index (χ0n) is 14.4. The number of tetrazole rings is 1. The van der Waals surface area contributed by atoms with Crippen molar-refractivity contribution in [1.29, 1.82) is 0 Å². The van der Waals surface area contributed by atoms with Gasteiger partial charge in [-0.15, -0.1) is 5.10 Å². The van der Waals surface area contributed by atoms with Gasteiger partial charge in [0, 0.05) is 24.7 Å². The van der Waals surface area contributed by atoms with E-state index in [1.807, 2.05) is 36.4 Å². The molecule has 3 rings (SSSR count). The van der Waals surface area contributed by atoms with E-state index in [0.29, 0.717) is 35.1 Å². The van der Waals surface area contributed by atoms with E-state index in [4.69, 9.17) is 16.3 Å². The summed E-state index contributed by atoms with van der Waals surface area (Å²) in [5.41, 5.74) is 2.50. The summed E-state index contributed by atoms with van der Waals surface area (Å²) in [6.45, 7) is 0. The van der Waals surface area contributed by atoms with Crippen LogP contribution in [-0.4, -0.2) is 33.2 Å². The number of carbonyl (C=O) groups is 1. The molecule has 0 saturated carbocycles. The van der Waals surface area contributed by atoms with Crippen LogP contribution in [0.2, 0.25) is 5.02 Å². The lowest BCUT2D eigenvalue weighted by Gasteiger charge is -2.08. The maximum absolute atomic E-state index is 12.2. The number of methoxy groups -OCH3 is 1. The van der Waals surface area contributed by atoms with Gasteiger partial charge < -0.3 is 10.1 Å². The zero-order chi connectivity index (χ0) is 18.5. The molecule has 134 valence electrons. The van der Waals surface area contributed by atoms with Crippen molar-refractivity contribution in [2.24, 2.45) is 7.05 Å². The predicted octanol–water partition coefficient (Wildman–Crippen LogP) is 3.11. The number of aromatic nitrogens is 4. The Bertz CT molecular complexity index is 925. The molecule has 0 aliphatic carbocycles. The standard InChI is InChI=1S/C18H18ClN5O2/c1-24-18(21-22-23-24)13-4-3-5-14(11-13)20-17(25)9-7-12-6-8-16(26-2)15(19)10-12/h3-6,8,10-11H,7,9H2,1-2H3,(H,20,25). The van der Waals surface area contributed by atoms with Crippen LogP contribution in [0.1, 0.15) is 12.0 Å². The van der Waals surface area contributed by atoms with E-state index >= 15 is 0 Å². The predicted molar refractivity (Wildman–Crippen MR) is 99.2 cm³/mol. The Morgan fingerprint density at radius 2 is 2.12 bits per heavy atom. The SMILES string of the molecule is COc1ccc(CCC(=O)Nc2cccc(-c3nnnn3C)c2)cc1Cl. The van der Waals surface area contributed by atoms with Crippen LogP contribution in [0.5, 0.6) is 5.75 Å². The van der Waals surface area contributed by atoms with Crippen LogP contribution in [0.15, 0.2) is 42.5 Å². The molecule has 26 heavy (non-hydrogen) atoms. The van der Waals surface area contributed by atoms with Gasteiger partial charge in [-0.05, 0) is 46.7 Å². The Hall–Kier alpha value is -2.93. The number of nitrogens with zero attached hydrogens (tertiary/aromatic N) is 4. The molecule has 0 aliphatic rings. The van der Waals surface area contributed by atoms with Crippen LogP contribution < -0.4 is 10.1 Å². The van der Waals surface area contributed by atoms with Gasteiger partial charge in [0.2, 0.25) is 5.91 Å². The minimum absolute atomic E-state index is 0.0785. The minimum atomic E-state index is -0.0785. The Morgan fingerprint density at radius 3 is 2.81 bits per heavy atom. The van der Waals surface area contributed by atoms with Gasteiger partial charge in [0.15, 0.2) is 5.82 Å². The molecule has 1 heterocycles. The second kappa shape index (κ2) is 7.97. The van der Waals surface area contributed by atoms with Crippen molar-refractivity contribution in [2.75, 3.05) is 12.4 Å². The van der Waals surface area contributed by atoms with Gasteiger partial charge in [-0.3, -0.25) is 4.79 Å². The average Bonchev–Trinajstić information content (AvgIpc) is 3.06. The van der Waals surface area contributed by atoms with Crippen molar-refractivity contribution in [3.63, 3.8) is 0 Å². The third-order valence-electron chi connectivity index (χ3n) is 3.88. The number of hydrogen-bond donors (Lipinski definition) is 1. The normalized spacial score (nSPS) is 10.6. The maximum atomic E-state index is 12.2. The average molecular weight is 372 g/mol. The number of ether oxygens (including phenoxy) is 1. The van der Waals surface area contributed by atoms with Crippen molar-refractivity contribution in [1.82, 2.24) is 20.2 Å². The first kappa shape index (κ1) is 17.9. The van der Waals surface area contributed by atoms with Crippen LogP contribution in [0.3, 0.4) is 0 Å². The van der Waals surface area contributed by atoms with E-state index in [-0.39, 0.29) is 5.91 Å². The first-order valence-electron chi connectivity index (χ1n) is 8.02. The molecule has 0 saturated heterocycles. The van der Waals surface area contributed by atoms with Crippen molar-refractivity contribution >= 4 is 23.2 Å². The molecule has 0 radical (unpaired) electrons. The van der Waals surface area contributed by atoms with Crippen LogP contribution in [0.4, 0.5) is 5.69 Å². The van der Waals surface area contributed by atoms with Crippen LogP contribution in [-0.2, 0) is 18.3 Å². The topological polar surface area (TPSA) is 81.9 Å². The van der Waals surface area contributed by atoms with Crippen molar-refractivity contribution < 1.29 is 9.53 Å². The summed E-state index contributed by atoms with van der Waals surface area (Å²) in [4.78, 5) is 12.2. The number of hydrogen-bond acceptors (Lipinski definition) is 5. The number of aryl methyl sites for hydroxylation is 2. The van der Waals surface area contributed by atoms with E-state index in [1.165, 1.54) is 0 Å². The van der Waals surface area contributed by atoms with Gasteiger partial charge in [-0.1, -0.05) is 29.8 Å². The molecule has 0 fully saturated rings. The van der Waals surface area contributed by atoms with Crippen molar-refractivity contribution in [3.8, 4) is 17.1 Å². The lowest BCUT2D eigenvalue weighted by molar-refractivity contribution is -0.116. The third-order valence-corrected chi connectivity index (χ3v) is 4.18. The summed E-state index contributed by atoms with van der Waals surface area (Å²) in [5.74, 6) is 1.18. The largest absolute Gasteiger partial charge is 0.495 e. The Morgan fingerprint density at radius 1 is 1.27 bits per heavy atom. The molecule has 0 bridgehead atoms.